The number of aromatic nitrogens is 4. The van der Waals surface area contributed by atoms with Crippen LogP contribution >= 0.6 is 0 Å². The van der Waals surface area contributed by atoms with Crippen molar-refractivity contribution in [1.29, 1.82) is 0 Å². The second-order valence-electron chi connectivity index (χ2n) is 10.7. The Labute approximate surface area is 246 Å². The van der Waals surface area contributed by atoms with Gasteiger partial charge in [-0.15, -0.1) is 0 Å². The zero-order valence-electron chi connectivity index (χ0n) is 22.9. The van der Waals surface area contributed by atoms with Crippen molar-refractivity contribution in [1.82, 2.24) is 19.9 Å². The van der Waals surface area contributed by atoms with E-state index in [0.29, 0.717) is 17.5 Å². The predicted octanol–water partition coefficient (Wildman–Crippen LogP) is 9.63. The molecular weight excluding hydrogens is 528 g/mol. The van der Waals surface area contributed by atoms with Crippen molar-refractivity contribution in [2.75, 3.05) is 0 Å². The van der Waals surface area contributed by atoms with Crippen molar-refractivity contribution in [3.8, 4) is 34.2 Å². The van der Waals surface area contributed by atoms with Gasteiger partial charge in [0.25, 0.3) is 0 Å². The van der Waals surface area contributed by atoms with Crippen LogP contribution < -0.4 is 0 Å². The van der Waals surface area contributed by atoms with E-state index in [2.05, 4.69) is 66.7 Å². The zero-order chi connectivity index (χ0) is 28.3. The number of fused-ring (bicyclic) bond motifs is 8. The molecule has 200 valence electrons. The van der Waals surface area contributed by atoms with Crippen LogP contribution in [0.3, 0.4) is 0 Å². The maximum atomic E-state index is 6.18. The minimum atomic E-state index is 0.570. The average Bonchev–Trinajstić information content (AvgIpc) is 3.47. The lowest BCUT2D eigenvalue weighted by Crippen LogP contribution is -2.00. The molecule has 0 N–H and O–H groups in total. The molecule has 0 aliphatic carbocycles. The van der Waals surface area contributed by atoms with Gasteiger partial charge in [-0.1, -0.05) is 103 Å². The minimum Gasteiger partial charge on any atom is -0.456 e. The molecule has 9 rings (SSSR count). The Morgan fingerprint density at radius 1 is 0.442 bits per heavy atom. The molecule has 0 unspecified atom stereocenters. The van der Waals surface area contributed by atoms with E-state index in [-0.39, 0.29) is 0 Å². The van der Waals surface area contributed by atoms with E-state index in [1.54, 1.807) is 0 Å². The second kappa shape index (κ2) is 9.29. The van der Waals surface area contributed by atoms with Crippen LogP contribution in [0.15, 0.2) is 138 Å². The van der Waals surface area contributed by atoms with Crippen LogP contribution in [0.4, 0.5) is 0 Å². The maximum Gasteiger partial charge on any atom is 0.165 e. The molecule has 6 aromatic carbocycles. The standard InChI is InChI=1S/C38H22N4O/c1-2-10-24(11-3-1)36-40-37(42-38(41-36)30-14-8-16-34-35(30)29-13-6-7-15-33(29)43-34)25-21-31-28-18-17-23-9-4-5-12-26(23)27(28)19-20-32(31)39-22-25/h1-22H. The molecule has 0 fully saturated rings. The van der Waals surface area contributed by atoms with Gasteiger partial charge >= 0.3 is 0 Å². The molecule has 0 saturated carbocycles. The van der Waals surface area contributed by atoms with Crippen LogP contribution in [0.5, 0.6) is 0 Å². The fourth-order valence-corrected chi connectivity index (χ4v) is 6.12. The molecule has 0 spiro atoms. The number of furan rings is 1. The highest BCUT2D eigenvalue weighted by atomic mass is 16.3. The largest absolute Gasteiger partial charge is 0.456 e. The average molecular weight is 551 g/mol. The molecule has 0 atom stereocenters. The first-order valence-electron chi connectivity index (χ1n) is 14.2. The quantitative estimate of drug-likeness (QED) is 0.205. The van der Waals surface area contributed by atoms with E-state index >= 15 is 0 Å². The topological polar surface area (TPSA) is 64.7 Å². The molecule has 0 aliphatic heterocycles. The molecule has 5 heteroatoms. The molecule has 0 amide bonds. The highest BCUT2D eigenvalue weighted by Crippen LogP contribution is 2.37. The highest BCUT2D eigenvalue weighted by Gasteiger charge is 2.18. The van der Waals surface area contributed by atoms with Crippen molar-refractivity contribution in [2.24, 2.45) is 0 Å². The third-order valence-electron chi connectivity index (χ3n) is 8.16. The molecule has 3 aromatic heterocycles. The van der Waals surface area contributed by atoms with E-state index in [0.717, 1.165) is 54.9 Å². The number of pyridine rings is 1. The summed E-state index contributed by atoms with van der Waals surface area (Å²) in [5.74, 6) is 1.76. The summed E-state index contributed by atoms with van der Waals surface area (Å²) in [6.07, 6.45) is 1.86. The first-order chi connectivity index (χ1) is 21.3. The summed E-state index contributed by atoms with van der Waals surface area (Å²) in [6, 6.07) is 43.4. The Bertz CT molecular complexity index is 2520. The Kier molecular flexibility index (Phi) is 5.13. The lowest BCUT2D eigenvalue weighted by atomic mass is 9.98. The molecule has 9 aromatic rings. The number of hydrogen-bond acceptors (Lipinski definition) is 5. The van der Waals surface area contributed by atoms with E-state index in [9.17, 15) is 0 Å². The molecule has 0 radical (unpaired) electrons. The summed E-state index contributed by atoms with van der Waals surface area (Å²) in [5.41, 5.74) is 5.21. The van der Waals surface area contributed by atoms with Crippen LogP contribution in [0.25, 0.3) is 88.5 Å². The fourth-order valence-electron chi connectivity index (χ4n) is 6.12. The summed E-state index contributed by atoms with van der Waals surface area (Å²) in [7, 11) is 0. The number of benzene rings is 6. The zero-order valence-corrected chi connectivity index (χ0v) is 22.9. The van der Waals surface area contributed by atoms with Gasteiger partial charge in [0.1, 0.15) is 11.2 Å². The summed E-state index contributed by atoms with van der Waals surface area (Å²) in [4.78, 5) is 19.9. The Hall–Kier alpha value is -5.94. The monoisotopic (exact) mass is 550 g/mol. The fraction of sp³-hybridized carbons (Fsp3) is 0. The Morgan fingerprint density at radius 3 is 2.05 bits per heavy atom. The van der Waals surface area contributed by atoms with Gasteiger partial charge in [0.2, 0.25) is 0 Å². The van der Waals surface area contributed by atoms with Crippen LogP contribution in [0, 0.1) is 0 Å². The molecular formula is C38H22N4O. The van der Waals surface area contributed by atoms with Crippen molar-refractivity contribution < 1.29 is 4.42 Å². The highest BCUT2D eigenvalue weighted by molar-refractivity contribution is 6.17. The summed E-state index contributed by atoms with van der Waals surface area (Å²) in [6.45, 7) is 0. The third-order valence-corrected chi connectivity index (χ3v) is 8.16. The number of para-hydroxylation sites is 1. The van der Waals surface area contributed by atoms with Gasteiger partial charge < -0.3 is 4.42 Å². The lowest BCUT2D eigenvalue weighted by molar-refractivity contribution is 0.669. The van der Waals surface area contributed by atoms with Crippen molar-refractivity contribution >= 4 is 54.4 Å². The van der Waals surface area contributed by atoms with Gasteiger partial charge in [-0.3, -0.25) is 4.98 Å². The molecule has 5 nitrogen and oxygen atoms in total. The molecule has 0 saturated heterocycles. The normalized spacial score (nSPS) is 11.7. The maximum absolute atomic E-state index is 6.18. The lowest BCUT2D eigenvalue weighted by Gasteiger charge is -2.11. The van der Waals surface area contributed by atoms with E-state index in [1.165, 1.54) is 16.2 Å². The molecule has 43 heavy (non-hydrogen) atoms. The van der Waals surface area contributed by atoms with Gasteiger partial charge in [0.15, 0.2) is 17.5 Å². The van der Waals surface area contributed by atoms with Gasteiger partial charge in [-0.05, 0) is 45.8 Å². The Balaban J connectivity index is 1.31. The summed E-state index contributed by atoms with van der Waals surface area (Å²) >= 11 is 0. The van der Waals surface area contributed by atoms with E-state index < -0.39 is 0 Å². The minimum absolute atomic E-state index is 0.570. The van der Waals surface area contributed by atoms with Crippen molar-refractivity contribution in [3.63, 3.8) is 0 Å². The molecule has 0 aliphatic rings. The van der Waals surface area contributed by atoms with Crippen molar-refractivity contribution in [2.45, 2.75) is 0 Å². The van der Waals surface area contributed by atoms with E-state index in [4.69, 9.17) is 24.4 Å². The molecule has 3 heterocycles. The number of nitrogens with zero attached hydrogens (tertiary/aromatic N) is 4. The SMILES string of the molecule is c1ccc(-c2nc(-c3cnc4ccc5c6ccccc6ccc5c4c3)nc(-c3cccc4oc5ccccc5c34)n2)cc1. The van der Waals surface area contributed by atoms with E-state index in [1.807, 2.05) is 66.9 Å². The number of hydrogen-bond donors (Lipinski definition) is 0. The number of rotatable bonds is 3. The van der Waals surface area contributed by atoms with Gasteiger partial charge in [0, 0.05) is 39.0 Å². The predicted molar refractivity (Wildman–Crippen MR) is 174 cm³/mol. The first kappa shape index (κ1) is 23.7. The van der Waals surface area contributed by atoms with Gasteiger partial charge in [-0.2, -0.15) is 0 Å². The Morgan fingerprint density at radius 2 is 1.14 bits per heavy atom. The smallest absolute Gasteiger partial charge is 0.165 e. The van der Waals surface area contributed by atoms with Crippen LogP contribution in [-0.4, -0.2) is 19.9 Å². The van der Waals surface area contributed by atoms with Gasteiger partial charge in [0.05, 0.1) is 5.52 Å². The second-order valence-corrected chi connectivity index (χ2v) is 10.7. The van der Waals surface area contributed by atoms with Crippen molar-refractivity contribution in [3.05, 3.63) is 134 Å². The van der Waals surface area contributed by atoms with Crippen LogP contribution in [0.1, 0.15) is 0 Å². The summed E-state index contributed by atoms with van der Waals surface area (Å²) < 4.78 is 6.18. The van der Waals surface area contributed by atoms with Crippen LogP contribution in [-0.2, 0) is 0 Å². The summed E-state index contributed by atoms with van der Waals surface area (Å²) in [5, 5.41) is 7.87. The van der Waals surface area contributed by atoms with Gasteiger partial charge in [-0.25, -0.2) is 15.0 Å². The van der Waals surface area contributed by atoms with Crippen LogP contribution in [0.2, 0.25) is 0 Å². The third kappa shape index (κ3) is 3.79. The first-order valence-corrected chi connectivity index (χ1v) is 14.2. The molecule has 0 bridgehead atoms.